The number of amides is 2. The number of pyridine rings is 1. The Kier molecular flexibility index (Phi) is 6.03. The summed E-state index contributed by atoms with van der Waals surface area (Å²) in [6.45, 7) is 0. The fourth-order valence-electron chi connectivity index (χ4n) is 2.72. The van der Waals surface area contributed by atoms with Gasteiger partial charge in [-0.3, -0.25) is 19.9 Å². The van der Waals surface area contributed by atoms with Crippen LogP contribution in [0.15, 0.2) is 54.7 Å². The monoisotopic (exact) mass is 472 g/mol. The summed E-state index contributed by atoms with van der Waals surface area (Å²) < 4.78 is 6.67. The second kappa shape index (κ2) is 8.89. The number of aromatic nitrogens is 2. The van der Waals surface area contributed by atoms with Gasteiger partial charge in [0.15, 0.2) is 5.13 Å². The summed E-state index contributed by atoms with van der Waals surface area (Å²) in [5.41, 5.74) is 1.26. The van der Waals surface area contributed by atoms with E-state index in [0.29, 0.717) is 32.7 Å². The molecule has 0 saturated carbocycles. The fourth-order valence-corrected chi connectivity index (χ4v) is 4.11. The van der Waals surface area contributed by atoms with E-state index in [1.165, 1.54) is 30.6 Å². The molecule has 0 atom stereocenters. The van der Waals surface area contributed by atoms with E-state index in [1.807, 2.05) is 0 Å². The Morgan fingerprint density at radius 3 is 2.58 bits per heavy atom. The Morgan fingerprint density at radius 2 is 1.81 bits per heavy atom. The van der Waals surface area contributed by atoms with E-state index in [9.17, 15) is 9.59 Å². The van der Waals surface area contributed by atoms with Crippen molar-refractivity contribution in [1.82, 2.24) is 15.3 Å². The Balaban J connectivity index is 1.53. The van der Waals surface area contributed by atoms with Crippen LogP contribution in [0.25, 0.3) is 10.2 Å². The number of halogens is 2. The number of ether oxygens (including phenoxy) is 1. The molecule has 0 spiro atoms. The molecule has 0 unspecified atom stereocenters. The molecule has 2 aromatic carbocycles. The Bertz CT molecular complexity index is 1310. The summed E-state index contributed by atoms with van der Waals surface area (Å²) in [6, 6.07) is 13.2. The highest BCUT2D eigenvalue weighted by Gasteiger charge is 2.14. The molecule has 4 rings (SSSR count). The summed E-state index contributed by atoms with van der Waals surface area (Å²) in [5.74, 6) is 0.354. The van der Waals surface area contributed by atoms with Gasteiger partial charge < -0.3 is 10.1 Å². The lowest BCUT2D eigenvalue weighted by atomic mass is 10.2. The van der Waals surface area contributed by atoms with Crippen LogP contribution in [0.2, 0.25) is 10.0 Å². The largest absolute Gasteiger partial charge is 0.457 e. The minimum Gasteiger partial charge on any atom is -0.457 e. The highest BCUT2D eigenvalue weighted by atomic mass is 35.5. The predicted octanol–water partition coefficient (Wildman–Crippen LogP) is 5.40. The molecule has 2 amide bonds. The van der Waals surface area contributed by atoms with Gasteiger partial charge in [-0.25, -0.2) is 4.98 Å². The van der Waals surface area contributed by atoms with E-state index >= 15 is 0 Å². The molecule has 31 heavy (non-hydrogen) atoms. The molecule has 0 radical (unpaired) electrons. The minimum atomic E-state index is -0.379. The number of benzene rings is 2. The third-order valence-corrected chi connectivity index (χ3v) is 5.66. The normalized spacial score (nSPS) is 10.7. The third kappa shape index (κ3) is 4.77. The van der Waals surface area contributed by atoms with Crippen LogP contribution in [0.3, 0.4) is 0 Å². The maximum absolute atomic E-state index is 12.5. The first-order valence-electron chi connectivity index (χ1n) is 8.96. The second-order valence-corrected chi connectivity index (χ2v) is 8.16. The molecule has 4 aromatic rings. The Morgan fingerprint density at radius 1 is 1.00 bits per heavy atom. The highest BCUT2D eigenvalue weighted by Crippen LogP contribution is 2.32. The molecule has 0 saturated heterocycles. The van der Waals surface area contributed by atoms with E-state index in [1.54, 1.807) is 42.5 Å². The number of fused-ring (bicyclic) bond motifs is 1. The molecule has 156 valence electrons. The van der Waals surface area contributed by atoms with Crippen molar-refractivity contribution >= 4 is 61.7 Å². The van der Waals surface area contributed by atoms with Crippen LogP contribution in [0.4, 0.5) is 5.13 Å². The maximum Gasteiger partial charge on any atom is 0.269 e. The lowest BCUT2D eigenvalue weighted by Crippen LogP contribution is -2.18. The van der Waals surface area contributed by atoms with E-state index in [4.69, 9.17) is 27.9 Å². The van der Waals surface area contributed by atoms with Gasteiger partial charge in [-0.1, -0.05) is 34.5 Å². The molecule has 0 aliphatic heterocycles. The quantitative estimate of drug-likeness (QED) is 0.405. The molecular weight excluding hydrogens is 459 g/mol. The smallest absolute Gasteiger partial charge is 0.269 e. The molecule has 10 heteroatoms. The van der Waals surface area contributed by atoms with Crippen LogP contribution in [0, 0.1) is 0 Å². The summed E-state index contributed by atoms with van der Waals surface area (Å²) in [7, 11) is 1.53. The standard InChI is InChI=1S/C21H14Cl2N4O3S/c1-24-20(29)17-9-13(6-7-25-17)30-12-3-5-16-18(10-12)31-21(26-16)27-19(28)14-4-2-11(22)8-15(14)23/h2-10H,1H3,(H,24,29)(H,26,27,28). The predicted molar refractivity (Wildman–Crippen MR) is 122 cm³/mol. The minimum absolute atomic E-state index is 0.254. The van der Waals surface area contributed by atoms with Gasteiger partial charge in [-0.15, -0.1) is 0 Å². The first kappa shape index (κ1) is 21.0. The van der Waals surface area contributed by atoms with Gasteiger partial charge in [0.05, 0.1) is 20.8 Å². The van der Waals surface area contributed by atoms with Gasteiger partial charge in [-0.05, 0) is 36.4 Å². The summed E-state index contributed by atoms with van der Waals surface area (Å²) >= 11 is 13.3. The van der Waals surface area contributed by atoms with E-state index in [0.717, 1.165) is 4.70 Å². The average molecular weight is 473 g/mol. The van der Waals surface area contributed by atoms with Gasteiger partial charge >= 0.3 is 0 Å². The number of anilines is 1. The van der Waals surface area contributed by atoms with Crippen molar-refractivity contribution in [2.75, 3.05) is 12.4 Å². The van der Waals surface area contributed by atoms with E-state index in [-0.39, 0.29) is 22.5 Å². The zero-order valence-corrected chi connectivity index (χ0v) is 18.3. The van der Waals surface area contributed by atoms with Gasteiger partial charge in [-0.2, -0.15) is 0 Å². The van der Waals surface area contributed by atoms with Crippen molar-refractivity contribution in [1.29, 1.82) is 0 Å². The molecule has 0 fully saturated rings. The zero-order chi connectivity index (χ0) is 22.0. The van der Waals surface area contributed by atoms with Crippen molar-refractivity contribution in [3.05, 3.63) is 76.0 Å². The molecule has 2 N–H and O–H groups in total. The summed E-state index contributed by atoms with van der Waals surface area (Å²) in [5, 5.41) is 6.41. The highest BCUT2D eigenvalue weighted by molar-refractivity contribution is 7.22. The number of hydrogen-bond acceptors (Lipinski definition) is 6. The molecule has 2 aromatic heterocycles. The third-order valence-electron chi connectivity index (χ3n) is 4.18. The number of rotatable bonds is 5. The molecule has 0 aliphatic carbocycles. The number of nitrogens with one attached hydrogen (secondary N) is 2. The maximum atomic E-state index is 12.5. The van der Waals surface area contributed by atoms with Crippen molar-refractivity contribution < 1.29 is 14.3 Å². The number of nitrogens with zero attached hydrogens (tertiary/aromatic N) is 2. The van der Waals surface area contributed by atoms with Crippen LogP contribution in [0.1, 0.15) is 20.8 Å². The number of carbonyl (C=O) groups is 2. The number of hydrogen-bond donors (Lipinski definition) is 2. The topological polar surface area (TPSA) is 93.2 Å². The lowest BCUT2D eigenvalue weighted by molar-refractivity contribution is 0.0957. The Labute approximate surface area is 191 Å². The van der Waals surface area contributed by atoms with Crippen LogP contribution in [-0.4, -0.2) is 28.8 Å². The molecule has 0 bridgehead atoms. The van der Waals surface area contributed by atoms with Crippen LogP contribution in [-0.2, 0) is 0 Å². The fraction of sp³-hybridized carbons (Fsp3) is 0.0476. The number of carbonyl (C=O) groups excluding carboxylic acids is 2. The zero-order valence-electron chi connectivity index (χ0n) is 16.0. The second-order valence-electron chi connectivity index (χ2n) is 6.28. The van der Waals surface area contributed by atoms with Crippen molar-refractivity contribution in [2.24, 2.45) is 0 Å². The summed E-state index contributed by atoms with van der Waals surface area (Å²) in [6.07, 6.45) is 1.50. The van der Waals surface area contributed by atoms with Crippen molar-refractivity contribution in [3.8, 4) is 11.5 Å². The van der Waals surface area contributed by atoms with Crippen LogP contribution in [0.5, 0.6) is 11.5 Å². The first-order valence-corrected chi connectivity index (χ1v) is 10.5. The van der Waals surface area contributed by atoms with Gasteiger partial charge in [0.2, 0.25) is 0 Å². The van der Waals surface area contributed by atoms with Gasteiger partial charge in [0.1, 0.15) is 17.2 Å². The number of thiazole rings is 1. The molecule has 0 aliphatic rings. The molecule has 7 nitrogen and oxygen atoms in total. The van der Waals surface area contributed by atoms with Crippen LogP contribution >= 0.6 is 34.5 Å². The first-order chi connectivity index (χ1) is 14.9. The van der Waals surface area contributed by atoms with Crippen molar-refractivity contribution in [2.45, 2.75) is 0 Å². The molecular formula is C21H14Cl2N4O3S. The Hall–Kier alpha value is -3.20. The van der Waals surface area contributed by atoms with Gasteiger partial charge in [0, 0.05) is 30.4 Å². The average Bonchev–Trinajstić information content (AvgIpc) is 3.14. The van der Waals surface area contributed by atoms with Crippen LogP contribution < -0.4 is 15.4 Å². The van der Waals surface area contributed by atoms with E-state index < -0.39 is 0 Å². The summed E-state index contributed by atoms with van der Waals surface area (Å²) in [4.78, 5) is 32.7. The molecule has 2 heterocycles. The van der Waals surface area contributed by atoms with E-state index in [2.05, 4.69) is 20.6 Å². The lowest BCUT2D eigenvalue weighted by Gasteiger charge is -2.06. The van der Waals surface area contributed by atoms with Gasteiger partial charge in [0.25, 0.3) is 11.8 Å². The van der Waals surface area contributed by atoms with Crippen molar-refractivity contribution in [3.63, 3.8) is 0 Å². The SMILES string of the molecule is CNC(=O)c1cc(Oc2ccc3nc(NC(=O)c4ccc(Cl)cc4Cl)sc3c2)ccn1.